The van der Waals surface area contributed by atoms with Crippen LogP contribution in [-0.2, 0) is 6.61 Å². The Morgan fingerprint density at radius 3 is 2.52 bits per heavy atom. The molecule has 3 rings (SSSR count). The molecule has 0 aliphatic heterocycles. The number of phenols is 1. The van der Waals surface area contributed by atoms with Crippen LogP contribution in [0.3, 0.4) is 0 Å². The summed E-state index contributed by atoms with van der Waals surface area (Å²) >= 11 is 5.82. The average Bonchev–Trinajstić information content (AvgIpc) is 3.11. The highest BCUT2D eigenvalue weighted by molar-refractivity contribution is 6.30. The van der Waals surface area contributed by atoms with Crippen molar-refractivity contribution in [1.82, 2.24) is 0 Å². The average molecular weight is 388 g/mol. The molecule has 1 amide bonds. The van der Waals surface area contributed by atoms with Crippen molar-refractivity contribution in [2.45, 2.75) is 6.61 Å². The summed E-state index contributed by atoms with van der Waals surface area (Å²) in [4.78, 5) is 23.5. The molecule has 0 radical (unpaired) electrons. The van der Waals surface area contributed by atoms with Crippen LogP contribution in [0.15, 0.2) is 59.2 Å². The van der Waals surface area contributed by atoms with Crippen molar-refractivity contribution in [2.75, 3.05) is 5.32 Å². The van der Waals surface area contributed by atoms with E-state index in [2.05, 4.69) is 5.32 Å². The molecule has 0 saturated carbocycles. The highest BCUT2D eigenvalue weighted by Crippen LogP contribution is 2.23. The van der Waals surface area contributed by atoms with Gasteiger partial charge in [0.2, 0.25) is 0 Å². The van der Waals surface area contributed by atoms with Crippen LogP contribution in [-0.4, -0.2) is 22.1 Å². The third-order valence-electron chi connectivity index (χ3n) is 3.66. The summed E-state index contributed by atoms with van der Waals surface area (Å²) in [5, 5.41) is 21.7. The molecule has 1 heterocycles. The predicted octanol–water partition coefficient (Wildman–Crippen LogP) is 4.17. The van der Waals surface area contributed by atoms with Gasteiger partial charge in [0.25, 0.3) is 5.91 Å². The number of rotatable bonds is 6. The van der Waals surface area contributed by atoms with Crippen molar-refractivity contribution < 1.29 is 29.0 Å². The molecule has 0 aliphatic carbocycles. The fourth-order valence-electron chi connectivity index (χ4n) is 2.32. The molecular formula is C19H14ClNO6. The number of furan rings is 1. The number of carboxylic acid groups (broad SMARTS) is 1. The van der Waals surface area contributed by atoms with Crippen molar-refractivity contribution >= 4 is 29.2 Å². The second kappa shape index (κ2) is 7.84. The smallest absolute Gasteiger partial charge is 0.339 e. The first-order valence-electron chi connectivity index (χ1n) is 7.76. The number of nitrogens with one attached hydrogen (secondary N) is 1. The van der Waals surface area contributed by atoms with Crippen LogP contribution in [0.25, 0.3) is 0 Å². The number of halogens is 1. The number of benzene rings is 2. The monoisotopic (exact) mass is 387 g/mol. The number of aromatic hydroxyl groups is 1. The standard InChI is InChI=1S/C19H14ClNO6/c20-11-1-4-13(5-2-11)27-10-17-14(7-8-26-17)18(23)21-12-3-6-16(22)15(9-12)19(24)25/h1-9,22H,10H2,(H,21,23)(H,24,25). The highest BCUT2D eigenvalue weighted by atomic mass is 35.5. The molecule has 0 unspecified atom stereocenters. The fraction of sp³-hybridized carbons (Fsp3) is 0.0526. The Hall–Kier alpha value is -3.45. The lowest BCUT2D eigenvalue weighted by Gasteiger charge is -2.08. The number of hydrogen-bond donors (Lipinski definition) is 3. The van der Waals surface area contributed by atoms with Crippen molar-refractivity contribution in [3.63, 3.8) is 0 Å². The number of anilines is 1. The largest absolute Gasteiger partial charge is 0.507 e. The molecule has 0 bridgehead atoms. The Bertz CT molecular complexity index is 980. The minimum Gasteiger partial charge on any atom is -0.507 e. The quantitative estimate of drug-likeness (QED) is 0.548. The minimum atomic E-state index is -1.30. The molecule has 3 aromatic rings. The van der Waals surface area contributed by atoms with Crippen LogP contribution < -0.4 is 10.1 Å². The number of amides is 1. The van der Waals surface area contributed by atoms with Gasteiger partial charge < -0.3 is 24.7 Å². The summed E-state index contributed by atoms with van der Waals surface area (Å²) < 4.78 is 10.9. The Morgan fingerprint density at radius 2 is 1.81 bits per heavy atom. The van der Waals surface area contributed by atoms with E-state index < -0.39 is 11.9 Å². The number of carbonyl (C=O) groups is 2. The van der Waals surface area contributed by atoms with Crippen molar-refractivity contribution in [2.24, 2.45) is 0 Å². The van der Waals surface area contributed by atoms with Crippen molar-refractivity contribution in [3.05, 3.63) is 76.7 Å². The summed E-state index contributed by atoms with van der Waals surface area (Å²) in [5.74, 6) is -1.32. The summed E-state index contributed by atoms with van der Waals surface area (Å²) in [7, 11) is 0. The van der Waals surface area contributed by atoms with Crippen LogP contribution in [0, 0.1) is 0 Å². The number of hydrogen-bond acceptors (Lipinski definition) is 5. The molecule has 1 aromatic heterocycles. The zero-order chi connectivity index (χ0) is 19.4. The van der Waals surface area contributed by atoms with Gasteiger partial charge in [-0.2, -0.15) is 0 Å². The van der Waals surface area contributed by atoms with Crippen LogP contribution in [0.5, 0.6) is 11.5 Å². The second-order valence-electron chi connectivity index (χ2n) is 5.49. The van der Waals surface area contributed by atoms with Gasteiger partial charge in [-0.1, -0.05) is 11.6 Å². The molecule has 0 spiro atoms. The number of carboxylic acids is 1. The van der Waals surface area contributed by atoms with Crippen LogP contribution in [0.1, 0.15) is 26.5 Å². The van der Waals surface area contributed by atoms with Gasteiger partial charge in [-0.25, -0.2) is 4.79 Å². The first kappa shape index (κ1) is 18.3. The van der Waals surface area contributed by atoms with Crippen LogP contribution in [0.4, 0.5) is 5.69 Å². The SMILES string of the molecule is O=C(O)c1cc(NC(=O)c2ccoc2COc2ccc(Cl)cc2)ccc1O. The minimum absolute atomic E-state index is 0.0212. The molecule has 7 nitrogen and oxygen atoms in total. The molecule has 27 heavy (non-hydrogen) atoms. The van der Waals surface area contributed by atoms with E-state index in [0.29, 0.717) is 16.5 Å². The summed E-state index contributed by atoms with van der Waals surface area (Å²) in [6.07, 6.45) is 1.36. The van der Waals surface area contributed by atoms with E-state index >= 15 is 0 Å². The topological polar surface area (TPSA) is 109 Å². The number of carbonyl (C=O) groups excluding carboxylic acids is 1. The Labute approximate surface area is 158 Å². The van der Waals surface area contributed by atoms with Gasteiger partial charge in [0.1, 0.15) is 23.7 Å². The predicted molar refractivity (Wildman–Crippen MR) is 97.5 cm³/mol. The van der Waals surface area contributed by atoms with Crippen molar-refractivity contribution in [1.29, 1.82) is 0 Å². The molecule has 138 valence electrons. The maximum Gasteiger partial charge on any atom is 0.339 e. The first-order chi connectivity index (χ1) is 12.9. The Kier molecular flexibility index (Phi) is 5.33. The van der Waals surface area contributed by atoms with Gasteiger partial charge in [0.05, 0.1) is 11.8 Å². The Morgan fingerprint density at radius 1 is 1.07 bits per heavy atom. The summed E-state index contributed by atoms with van der Waals surface area (Å²) in [5.41, 5.74) is 0.154. The Balaban J connectivity index is 1.71. The lowest BCUT2D eigenvalue weighted by Crippen LogP contribution is -2.14. The number of aromatic carboxylic acids is 1. The van der Waals surface area contributed by atoms with E-state index in [1.807, 2.05) is 0 Å². The third-order valence-corrected chi connectivity index (χ3v) is 3.91. The maximum atomic E-state index is 12.5. The van der Waals surface area contributed by atoms with Gasteiger partial charge in [0.15, 0.2) is 5.76 Å². The second-order valence-corrected chi connectivity index (χ2v) is 5.93. The maximum absolute atomic E-state index is 12.5. The summed E-state index contributed by atoms with van der Waals surface area (Å²) in [6.45, 7) is 0.0212. The molecule has 0 saturated heterocycles. The fourth-order valence-corrected chi connectivity index (χ4v) is 2.44. The lowest BCUT2D eigenvalue weighted by atomic mass is 10.1. The molecule has 2 aromatic carbocycles. The van der Waals surface area contributed by atoms with Gasteiger partial charge >= 0.3 is 5.97 Å². The normalized spacial score (nSPS) is 10.4. The van der Waals surface area contributed by atoms with E-state index in [-0.39, 0.29) is 29.2 Å². The van der Waals surface area contributed by atoms with E-state index in [9.17, 15) is 14.7 Å². The molecule has 3 N–H and O–H groups in total. The molecule has 0 atom stereocenters. The van der Waals surface area contributed by atoms with Gasteiger partial charge in [-0.05, 0) is 48.5 Å². The van der Waals surface area contributed by atoms with Crippen LogP contribution in [0.2, 0.25) is 5.02 Å². The molecule has 0 fully saturated rings. The molecular weight excluding hydrogens is 374 g/mol. The van der Waals surface area contributed by atoms with Crippen LogP contribution >= 0.6 is 11.6 Å². The van der Waals surface area contributed by atoms with E-state index in [0.717, 1.165) is 0 Å². The number of ether oxygens (including phenoxy) is 1. The first-order valence-corrected chi connectivity index (χ1v) is 8.14. The van der Waals surface area contributed by atoms with Crippen molar-refractivity contribution in [3.8, 4) is 11.5 Å². The zero-order valence-electron chi connectivity index (χ0n) is 13.8. The molecule has 0 aliphatic rings. The third kappa shape index (κ3) is 4.39. The van der Waals surface area contributed by atoms with Gasteiger partial charge in [-0.3, -0.25) is 4.79 Å². The van der Waals surface area contributed by atoms with E-state index in [1.54, 1.807) is 24.3 Å². The lowest BCUT2D eigenvalue weighted by molar-refractivity contribution is 0.0693. The van der Waals surface area contributed by atoms with Gasteiger partial charge in [-0.15, -0.1) is 0 Å². The van der Waals surface area contributed by atoms with E-state index in [1.165, 1.54) is 30.5 Å². The molecule has 8 heteroatoms. The van der Waals surface area contributed by atoms with E-state index in [4.69, 9.17) is 25.9 Å². The summed E-state index contributed by atoms with van der Waals surface area (Å²) in [6, 6.07) is 12.0. The van der Waals surface area contributed by atoms with Gasteiger partial charge in [0, 0.05) is 10.7 Å². The zero-order valence-corrected chi connectivity index (χ0v) is 14.6. The highest BCUT2D eigenvalue weighted by Gasteiger charge is 2.17.